The van der Waals surface area contributed by atoms with Gasteiger partial charge >= 0.3 is 11.9 Å². The molecule has 6 unspecified atom stereocenters. The Morgan fingerprint density at radius 2 is 0.887 bits per heavy atom. The average Bonchev–Trinajstić information content (AvgIpc) is 3.15. The van der Waals surface area contributed by atoms with Crippen LogP contribution in [0.3, 0.4) is 0 Å². The van der Waals surface area contributed by atoms with Crippen molar-refractivity contribution in [2.75, 3.05) is 19.8 Å². The van der Waals surface area contributed by atoms with Crippen molar-refractivity contribution in [3.8, 4) is 0 Å². The maximum absolute atomic E-state index is 12.7. The van der Waals surface area contributed by atoms with E-state index in [4.69, 9.17) is 18.9 Å². The van der Waals surface area contributed by atoms with E-state index in [2.05, 4.69) is 13.8 Å². The molecule has 0 aromatic heterocycles. The van der Waals surface area contributed by atoms with Gasteiger partial charge in [0.05, 0.1) is 13.2 Å². The third-order valence-corrected chi connectivity index (χ3v) is 10.5. The van der Waals surface area contributed by atoms with Crippen LogP contribution in [-0.4, -0.2) is 89.0 Å². The summed E-state index contributed by atoms with van der Waals surface area (Å²) in [6.45, 7) is 3.31. The van der Waals surface area contributed by atoms with Crippen LogP contribution in [-0.2, 0) is 28.5 Å². The zero-order chi connectivity index (χ0) is 38.8. The first-order chi connectivity index (χ1) is 25.8. The van der Waals surface area contributed by atoms with Crippen LogP contribution in [0, 0.1) is 0 Å². The number of rotatable bonds is 37. The molecule has 314 valence electrons. The molecule has 4 N–H and O–H groups in total. The first kappa shape index (κ1) is 49.7. The number of esters is 2. The fourth-order valence-corrected chi connectivity index (χ4v) is 6.95. The Morgan fingerprint density at radius 1 is 0.509 bits per heavy atom. The Labute approximate surface area is 323 Å². The number of carbonyl (C=O) groups is 2. The number of unbranched alkanes of at least 4 members (excludes halogenated alkanes) is 26. The van der Waals surface area contributed by atoms with Crippen LogP contribution in [0.2, 0.25) is 0 Å². The lowest BCUT2D eigenvalue weighted by Crippen LogP contribution is -2.59. The van der Waals surface area contributed by atoms with Crippen molar-refractivity contribution in [1.82, 2.24) is 0 Å². The second-order valence-electron chi connectivity index (χ2n) is 15.5. The lowest BCUT2D eigenvalue weighted by atomic mass is 9.99. The molecule has 0 amide bonds. The van der Waals surface area contributed by atoms with E-state index < -0.39 is 49.4 Å². The third kappa shape index (κ3) is 27.0. The molecular formula is C43H82O10. The molecule has 10 nitrogen and oxygen atoms in total. The number of aliphatic hydroxyl groups excluding tert-OH is 4. The minimum Gasteiger partial charge on any atom is -0.462 e. The number of hydrogen-bond donors (Lipinski definition) is 4. The Morgan fingerprint density at radius 3 is 1.30 bits per heavy atom. The molecule has 1 rings (SSSR count). The monoisotopic (exact) mass is 759 g/mol. The van der Waals surface area contributed by atoms with Crippen molar-refractivity contribution in [2.24, 2.45) is 0 Å². The summed E-state index contributed by atoms with van der Waals surface area (Å²) in [6.07, 6.45) is 27.7. The van der Waals surface area contributed by atoms with Crippen molar-refractivity contribution in [3.63, 3.8) is 0 Å². The molecule has 1 aliphatic rings. The van der Waals surface area contributed by atoms with Gasteiger partial charge in [0.25, 0.3) is 0 Å². The van der Waals surface area contributed by atoms with Gasteiger partial charge in [0.15, 0.2) is 12.4 Å². The molecule has 0 aliphatic carbocycles. The molecule has 10 heteroatoms. The first-order valence-corrected chi connectivity index (χ1v) is 22.1. The van der Waals surface area contributed by atoms with E-state index >= 15 is 0 Å². The smallest absolute Gasteiger partial charge is 0.306 e. The molecule has 53 heavy (non-hydrogen) atoms. The second-order valence-corrected chi connectivity index (χ2v) is 15.5. The fourth-order valence-electron chi connectivity index (χ4n) is 6.95. The minimum absolute atomic E-state index is 0.213. The molecule has 1 heterocycles. The molecule has 1 saturated heterocycles. The summed E-state index contributed by atoms with van der Waals surface area (Å²) >= 11 is 0. The third-order valence-electron chi connectivity index (χ3n) is 10.5. The van der Waals surface area contributed by atoms with E-state index in [-0.39, 0.29) is 32.0 Å². The van der Waals surface area contributed by atoms with Gasteiger partial charge in [-0.3, -0.25) is 9.59 Å². The largest absolute Gasteiger partial charge is 0.462 e. The van der Waals surface area contributed by atoms with E-state index in [1.165, 1.54) is 128 Å². The SMILES string of the molecule is CCCCCCCCCCCCCCCCCCCCCCCCCCC(=O)OC(COC(=O)CCCCCC)COC1OC(CO)C(O)C(O)C1O. The molecular weight excluding hydrogens is 676 g/mol. The highest BCUT2D eigenvalue weighted by Crippen LogP contribution is 2.23. The van der Waals surface area contributed by atoms with Gasteiger partial charge in [-0.15, -0.1) is 0 Å². The lowest BCUT2D eigenvalue weighted by molar-refractivity contribution is -0.305. The fraction of sp³-hybridized carbons (Fsp3) is 0.953. The molecule has 0 saturated carbocycles. The Hall–Kier alpha value is -1.30. The van der Waals surface area contributed by atoms with Crippen molar-refractivity contribution in [3.05, 3.63) is 0 Å². The van der Waals surface area contributed by atoms with E-state index in [0.717, 1.165) is 44.9 Å². The molecule has 1 aliphatic heterocycles. The molecule has 0 aromatic rings. The van der Waals surface area contributed by atoms with Gasteiger partial charge in [-0.2, -0.15) is 0 Å². The normalized spacial score (nSPS) is 20.8. The number of ether oxygens (including phenoxy) is 4. The molecule has 6 atom stereocenters. The average molecular weight is 759 g/mol. The van der Waals surface area contributed by atoms with Crippen LogP contribution in [0.4, 0.5) is 0 Å². The van der Waals surface area contributed by atoms with Crippen molar-refractivity contribution < 1.29 is 49.0 Å². The van der Waals surface area contributed by atoms with Crippen LogP contribution < -0.4 is 0 Å². The minimum atomic E-state index is -1.59. The van der Waals surface area contributed by atoms with Crippen LogP contribution in [0.15, 0.2) is 0 Å². The van der Waals surface area contributed by atoms with Crippen molar-refractivity contribution in [1.29, 1.82) is 0 Å². The summed E-state index contributed by atoms with van der Waals surface area (Å²) in [6, 6.07) is 0. The number of carbonyl (C=O) groups excluding carboxylic acids is 2. The van der Waals surface area contributed by atoms with Gasteiger partial charge in [0.1, 0.15) is 31.0 Å². The Bertz CT molecular complexity index is 840. The highest BCUT2D eigenvalue weighted by molar-refractivity contribution is 5.70. The quantitative estimate of drug-likeness (QED) is 0.0357. The highest BCUT2D eigenvalue weighted by atomic mass is 16.7. The molecule has 0 aromatic carbocycles. The van der Waals surface area contributed by atoms with Crippen LogP contribution in [0.5, 0.6) is 0 Å². The standard InChI is InChI=1S/C43H82O10/c1-3-5-7-9-10-11-12-13-14-15-16-17-18-19-20-21-22-23-24-25-26-27-28-30-32-39(46)52-36(34-50-38(45)31-29-8-6-4-2)35-51-43-42(49)41(48)40(47)37(33-44)53-43/h36-37,40-44,47-49H,3-35H2,1-2H3. The Balaban J connectivity index is 2.12. The highest BCUT2D eigenvalue weighted by Gasteiger charge is 2.44. The van der Waals surface area contributed by atoms with Gasteiger partial charge in [-0.25, -0.2) is 0 Å². The van der Waals surface area contributed by atoms with E-state index in [1.54, 1.807) is 0 Å². The zero-order valence-corrected chi connectivity index (χ0v) is 34.0. The maximum Gasteiger partial charge on any atom is 0.306 e. The summed E-state index contributed by atoms with van der Waals surface area (Å²) in [5.74, 6) is -0.815. The van der Waals surface area contributed by atoms with Gasteiger partial charge in [-0.1, -0.05) is 181 Å². The van der Waals surface area contributed by atoms with Crippen molar-refractivity contribution >= 4 is 11.9 Å². The summed E-state index contributed by atoms with van der Waals surface area (Å²) in [7, 11) is 0. The van der Waals surface area contributed by atoms with E-state index in [9.17, 15) is 30.0 Å². The first-order valence-electron chi connectivity index (χ1n) is 22.1. The van der Waals surface area contributed by atoms with E-state index in [1.807, 2.05) is 0 Å². The van der Waals surface area contributed by atoms with Gasteiger partial charge in [0.2, 0.25) is 0 Å². The second kappa shape index (κ2) is 35.1. The molecule has 1 fully saturated rings. The van der Waals surface area contributed by atoms with Crippen LogP contribution >= 0.6 is 0 Å². The molecule has 0 spiro atoms. The van der Waals surface area contributed by atoms with Crippen molar-refractivity contribution in [2.45, 2.75) is 243 Å². The predicted octanol–water partition coefficient (Wildman–Crippen LogP) is 9.00. The topological polar surface area (TPSA) is 152 Å². The summed E-state index contributed by atoms with van der Waals surface area (Å²) in [5, 5.41) is 39.8. The molecule has 0 bridgehead atoms. The predicted molar refractivity (Wildman–Crippen MR) is 210 cm³/mol. The lowest BCUT2D eigenvalue weighted by Gasteiger charge is -2.39. The number of aliphatic hydroxyl groups is 4. The molecule has 0 radical (unpaired) electrons. The van der Waals surface area contributed by atoms with Gasteiger partial charge in [-0.05, 0) is 12.8 Å². The summed E-state index contributed by atoms with van der Waals surface area (Å²) in [5.41, 5.74) is 0. The van der Waals surface area contributed by atoms with Gasteiger partial charge < -0.3 is 39.4 Å². The van der Waals surface area contributed by atoms with E-state index in [0.29, 0.717) is 6.42 Å². The van der Waals surface area contributed by atoms with Crippen LogP contribution in [0.25, 0.3) is 0 Å². The number of hydrogen-bond acceptors (Lipinski definition) is 10. The zero-order valence-electron chi connectivity index (χ0n) is 34.0. The Kier molecular flexibility index (Phi) is 33.0. The summed E-state index contributed by atoms with van der Waals surface area (Å²) in [4.78, 5) is 24.9. The summed E-state index contributed by atoms with van der Waals surface area (Å²) < 4.78 is 21.9. The maximum atomic E-state index is 12.7. The van der Waals surface area contributed by atoms with Gasteiger partial charge in [0, 0.05) is 12.8 Å². The van der Waals surface area contributed by atoms with Crippen LogP contribution in [0.1, 0.15) is 206 Å².